The summed E-state index contributed by atoms with van der Waals surface area (Å²) in [5.74, 6) is 1.54. The van der Waals surface area contributed by atoms with Crippen LogP contribution in [0.1, 0.15) is 17.1 Å². The molecule has 0 aliphatic rings. The zero-order valence-electron chi connectivity index (χ0n) is 11.9. The van der Waals surface area contributed by atoms with Gasteiger partial charge < -0.3 is 0 Å². The summed E-state index contributed by atoms with van der Waals surface area (Å²) < 4.78 is 4.04. The van der Waals surface area contributed by atoms with Crippen molar-refractivity contribution in [3.8, 4) is 5.69 Å². The van der Waals surface area contributed by atoms with Gasteiger partial charge in [0.15, 0.2) is 5.65 Å². The molecule has 0 saturated heterocycles. The van der Waals surface area contributed by atoms with Crippen molar-refractivity contribution in [2.45, 2.75) is 20.3 Å². The van der Waals surface area contributed by atoms with Gasteiger partial charge in [-0.1, -0.05) is 12.1 Å². The van der Waals surface area contributed by atoms with Gasteiger partial charge in [-0.3, -0.25) is 4.57 Å². The van der Waals surface area contributed by atoms with E-state index in [0.717, 1.165) is 34.8 Å². The molecule has 0 radical (unpaired) electrons. The fourth-order valence-corrected chi connectivity index (χ4v) is 2.78. The Morgan fingerprint density at radius 3 is 2.75 bits per heavy atom. The Labute approximate surface area is 123 Å². The summed E-state index contributed by atoms with van der Waals surface area (Å²) in [6.45, 7) is 4.08. The quantitative estimate of drug-likeness (QED) is 0.694. The summed E-state index contributed by atoms with van der Waals surface area (Å²) in [4.78, 5) is 4.72. The van der Waals surface area contributed by atoms with Crippen LogP contribution in [-0.2, 0) is 13.5 Å². The van der Waals surface area contributed by atoms with E-state index in [0.29, 0.717) is 5.88 Å². The van der Waals surface area contributed by atoms with E-state index in [2.05, 4.69) is 40.9 Å². The van der Waals surface area contributed by atoms with Crippen molar-refractivity contribution in [3.63, 3.8) is 0 Å². The molecule has 3 aromatic rings. The molecule has 3 rings (SSSR count). The van der Waals surface area contributed by atoms with Gasteiger partial charge in [0, 0.05) is 25.0 Å². The van der Waals surface area contributed by atoms with Crippen LogP contribution in [0, 0.1) is 13.8 Å². The maximum absolute atomic E-state index is 5.93. The van der Waals surface area contributed by atoms with Crippen molar-refractivity contribution in [1.29, 1.82) is 0 Å². The number of hydrogen-bond acceptors (Lipinski definition) is 2. The molecule has 0 aliphatic carbocycles. The Morgan fingerprint density at radius 1 is 1.25 bits per heavy atom. The molecule has 0 unspecified atom stereocenters. The minimum absolute atomic E-state index is 0.557. The van der Waals surface area contributed by atoms with Crippen LogP contribution in [0.2, 0.25) is 0 Å². The molecule has 20 heavy (non-hydrogen) atoms. The van der Waals surface area contributed by atoms with Crippen molar-refractivity contribution < 1.29 is 0 Å². The molecule has 0 saturated carbocycles. The van der Waals surface area contributed by atoms with Gasteiger partial charge in [-0.15, -0.1) is 11.6 Å². The third-order valence-corrected chi connectivity index (χ3v) is 3.64. The molecular weight excluding hydrogens is 272 g/mol. The largest absolute Gasteiger partial charge is 0.281 e. The second-order valence-corrected chi connectivity index (χ2v) is 5.40. The van der Waals surface area contributed by atoms with E-state index in [9.17, 15) is 0 Å². The first-order chi connectivity index (χ1) is 9.61. The molecule has 0 fully saturated rings. The van der Waals surface area contributed by atoms with Crippen LogP contribution in [-0.4, -0.2) is 25.2 Å². The van der Waals surface area contributed by atoms with Gasteiger partial charge in [0.25, 0.3) is 0 Å². The number of nitrogens with zero attached hydrogens (tertiary/aromatic N) is 4. The highest BCUT2D eigenvalue weighted by Crippen LogP contribution is 2.24. The highest BCUT2D eigenvalue weighted by atomic mass is 35.5. The van der Waals surface area contributed by atoms with Crippen molar-refractivity contribution in [2.24, 2.45) is 7.05 Å². The minimum Gasteiger partial charge on any atom is -0.281 e. The molecule has 0 amide bonds. The fourth-order valence-electron chi connectivity index (χ4n) is 2.61. The monoisotopic (exact) mass is 288 g/mol. The Bertz CT molecular complexity index is 770. The Kier molecular flexibility index (Phi) is 3.26. The summed E-state index contributed by atoms with van der Waals surface area (Å²) in [7, 11) is 1.95. The Hall–Kier alpha value is -1.81. The summed E-state index contributed by atoms with van der Waals surface area (Å²) >= 11 is 5.93. The van der Waals surface area contributed by atoms with E-state index in [-0.39, 0.29) is 0 Å². The lowest BCUT2D eigenvalue weighted by molar-refractivity contribution is 0.751. The maximum Gasteiger partial charge on any atom is 0.163 e. The number of aryl methyl sites for hydroxylation is 4. The van der Waals surface area contributed by atoms with E-state index in [4.69, 9.17) is 16.6 Å². The lowest BCUT2D eigenvalue weighted by Crippen LogP contribution is -2.06. The normalized spacial score (nSPS) is 11.4. The van der Waals surface area contributed by atoms with Crippen molar-refractivity contribution in [3.05, 3.63) is 41.3 Å². The standard InChI is InChI=1S/C15H17ClN4/c1-10-5-4-6-12(9-10)20-13(7-8-16)17-14-11(2)18-19(3)15(14)20/h4-6,9H,7-8H2,1-3H3. The van der Waals surface area contributed by atoms with Gasteiger partial charge in [-0.05, 0) is 31.5 Å². The Balaban J connectivity index is 2.33. The summed E-state index contributed by atoms with van der Waals surface area (Å²) in [6.07, 6.45) is 0.740. The Morgan fingerprint density at radius 2 is 2.05 bits per heavy atom. The van der Waals surface area contributed by atoms with E-state index in [1.807, 2.05) is 18.7 Å². The average Bonchev–Trinajstić information content (AvgIpc) is 2.89. The van der Waals surface area contributed by atoms with Gasteiger partial charge in [0.05, 0.1) is 5.69 Å². The van der Waals surface area contributed by atoms with Crippen LogP contribution < -0.4 is 0 Å². The highest BCUT2D eigenvalue weighted by Gasteiger charge is 2.18. The second-order valence-electron chi connectivity index (χ2n) is 5.02. The smallest absolute Gasteiger partial charge is 0.163 e. The van der Waals surface area contributed by atoms with Crippen LogP contribution >= 0.6 is 11.6 Å². The summed E-state index contributed by atoms with van der Waals surface area (Å²) in [5, 5.41) is 4.46. The van der Waals surface area contributed by atoms with Crippen LogP contribution in [0.5, 0.6) is 0 Å². The van der Waals surface area contributed by atoms with Crippen LogP contribution in [0.3, 0.4) is 0 Å². The topological polar surface area (TPSA) is 35.6 Å². The first kappa shape index (κ1) is 13.2. The van der Waals surface area contributed by atoms with Gasteiger partial charge in [-0.25, -0.2) is 9.67 Å². The summed E-state index contributed by atoms with van der Waals surface area (Å²) in [5.41, 5.74) is 5.25. The molecule has 4 nitrogen and oxygen atoms in total. The zero-order chi connectivity index (χ0) is 14.3. The molecule has 0 spiro atoms. The molecule has 104 valence electrons. The first-order valence-electron chi connectivity index (χ1n) is 6.65. The molecule has 0 aliphatic heterocycles. The second kappa shape index (κ2) is 4.94. The molecule has 0 atom stereocenters. The molecule has 2 aromatic heterocycles. The van der Waals surface area contributed by atoms with Gasteiger partial charge >= 0.3 is 0 Å². The lowest BCUT2D eigenvalue weighted by atomic mass is 10.2. The first-order valence-corrected chi connectivity index (χ1v) is 7.19. The maximum atomic E-state index is 5.93. The molecule has 0 bridgehead atoms. The number of rotatable bonds is 3. The number of benzene rings is 1. The number of aromatic nitrogens is 4. The van der Waals surface area contributed by atoms with Crippen LogP contribution in [0.4, 0.5) is 0 Å². The van der Waals surface area contributed by atoms with Crippen molar-refractivity contribution in [1.82, 2.24) is 19.3 Å². The molecule has 0 N–H and O–H groups in total. The SMILES string of the molecule is Cc1cccc(-n2c(CCCl)nc3c(C)nn(C)c32)c1. The predicted molar refractivity (Wildman–Crippen MR) is 81.7 cm³/mol. The average molecular weight is 289 g/mol. The van der Waals surface area contributed by atoms with Gasteiger partial charge in [0.1, 0.15) is 11.3 Å². The third-order valence-electron chi connectivity index (χ3n) is 3.45. The number of fused-ring (bicyclic) bond motifs is 1. The van der Waals surface area contributed by atoms with E-state index < -0.39 is 0 Å². The van der Waals surface area contributed by atoms with Crippen LogP contribution in [0.15, 0.2) is 24.3 Å². The van der Waals surface area contributed by atoms with E-state index in [1.54, 1.807) is 0 Å². The minimum atomic E-state index is 0.557. The predicted octanol–water partition coefficient (Wildman–Crippen LogP) is 3.16. The highest BCUT2D eigenvalue weighted by molar-refractivity contribution is 6.17. The fraction of sp³-hybridized carbons (Fsp3) is 0.333. The number of alkyl halides is 1. The number of hydrogen-bond donors (Lipinski definition) is 0. The molecular formula is C15H17ClN4. The van der Waals surface area contributed by atoms with E-state index >= 15 is 0 Å². The lowest BCUT2D eigenvalue weighted by Gasteiger charge is -2.09. The molecule has 1 aromatic carbocycles. The summed E-state index contributed by atoms with van der Waals surface area (Å²) in [6, 6.07) is 8.40. The van der Waals surface area contributed by atoms with Crippen LogP contribution in [0.25, 0.3) is 16.9 Å². The van der Waals surface area contributed by atoms with Gasteiger partial charge in [0.2, 0.25) is 0 Å². The van der Waals surface area contributed by atoms with Gasteiger partial charge in [-0.2, -0.15) is 5.10 Å². The third kappa shape index (κ3) is 2.00. The number of halogens is 1. The molecule has 2 heterocycles. The van der Waals surface area contributed by atoms with Crippen molar-refractivity contribution in [2.75, 3.05) is 5.88 Å². The number of imidazole rings is 1. The zero-order valence-corrected chi connectivity index (χ0v) is 12.6. The van der Waals surface area contributed by atoms with E-state index in [1.165, 1.54) is 5.56 Å². The van der Waals surface area contributed by atoms with Crippen molar-refractivity contribution >= 4 is 22.8 Å². The molecule has 5 heteroatoms.